The normalized spacial score (nSPS) is 16.5. The first-order chi connectivity index (χ1) is 9.24. The first-order valence-electron chi connectivity index (χ1n) is 6.83. The van der Waals surface area contributed by atoms with E-state index in [-0.39, 0.29) is 5.97 Å². The smallest absolute Gasteiger partial charge is 0.350 e. The Hall–Kier alpha value is -0.980. The van der Waals surface area contributed by atoms with Crippen LogP contribution in [0, 0.1) is 0 Å². The lowest BCUT2D eigenvalue weighted by Crippen LogP contribution is -2.42. The Morgan fingerprint density at radius 1 is 1.42 bits per heavy atom. The summed E-state index contributed by atoms with van der Waals surface area (Å²) in [5.74, 6) is -0.233. The lowest BCUT2D eigenvalue weighted by Gasteiger charge is -2.26. The molecule has 2 rings (SSSR count). The van der Waals surface area contributed by atoms with Crippen molar-refractivity contribution < 1.29 is 9.53 Å². The van der Waals surface area contributed by atoms with E-state index >= 15 is 0 Å². The molecule has 0 aliphatic carbocycles. The highest BCUT2D eigenvalue weighted by Crippen LogP contribution is 2.22. The first-order valence-corrected chi connectivity index (χ1v) is 7.65. The minimum Gasteiger partial charge on any atom is -0.462 e. The summed E-state index contributed by atoms with van der Waals surface area (Å²) in [6.45, 7) is 9.21. The van der Waals surface area contributed by atoms with Crippen LogP contribution in [0.25, 0.3) is 0 Å². The fourth-order valence-electron chi connectivity index (χ4n) is 2.12. The third-order valence-corrected chi connectivity index (χ3v) is 4.17. The summed E-state index contributed by atoms with van der Waals surface area (Å²) < 4.78 is 5.08. The maximum atomic E-state index is 11.9. The molecule has 1 aromatic rings. The molecular formula is C13H21N3O2S. The van der Waals surface area contributed by atoms with Crippen LogP contribution in [0.5, 0.6) is 0 Å². The Morgan fingerprint density at radius 3 is 2.79 bits per heavy atom. The minimum absolute atomic E-state index is 0.233. The Bertz CT molecular complexity index is 428. The third-order valence-electron chi connectivity index (χ3n) is 3.11. The molecule has 0 bridgehead atoms. The quantitative estimate of drug-likeness (QED) is 0.825. The largest absolute Gasteiger partial charge is 0.462 e. The van der Waals surface area contributed by atoms with Gasteiger partial charge in [0.2, 0.25) is 0 Å². The van der Waals surface area contributed by atoms with E-state index in [2.05, 4.69) is 15.2 Å². The summed E-state index contributed by atoms with van der Waals surface area (Å²) in [5, 5.41) is 4.35. The van der Waals surface area contributed by atoms with Crippen LogP contribution in [0.2, 0.25) is 0 Å². The summed E-state index contributed by atoms with van der Waals surface area (Å²) in [6.07, 6.45) is 0.770. The number of esters is 1. The van der Waals surface area contributed by atoms with Gasteiger partial charge in [-0.05, 0) is 13.3 Å². The first kappa shape index (κ1) is 14.4. The minimum atomic E-state index is -0.233. The monoisotopic (exact) mass is 283 g/mol. The predicted molar refractivity (Wildman–Crippen MR) is 75.6 cm³/mol. The van der Waals surface area contributed by atoms with Crippen molar-refractivity contribution in [1.29, 1.82) is 0 Å². The average Bonchev–Trinajstić information content (AvgIpc) is 2.83. The number of aryl methyl sites for hydroxylation is 1. The van der Waals surface area contributed by atoms with Crippen molar-refractivity contribution >= 4 is 17.3 Å². The molecule has 1 aliphatic rings. The van der Waals surface area contributed by atoms with Crippen molar-refractivity contribution in [3.63, 3.8) is 0 Å². The highest BCUT2D eigenvalue weighted by molar-refractivity contribution is 7.13. The van der Waals surface area contributed by atoms with Gasteiger partial charge in [0.25, 0.3) is 0 Å². The van der Waals surface area contributed by atoms with Gasteiger partial charge in [-0.15, -0.1) is 11.3 Å². The molecule has 0 saturated carbocycles. The number of thiazole rings is 1. The molecule has 6 heteroatoms. The van der Waals surface area contributed by atoms with Gasteiger partial charge in [0.05, 0.1) is 18.8 Å². The Kier molecular flexibility index (Phi) is 5.30. The topological polar surface area (TPSA) is 54.5 Å². The highest BCUT2D eigenvalue weighted by atomic mass is 32.1. The highest BCUT2D eigenvalue weighted by Gasteiger charge is 2.19. The van der Waals surface area contributed by atoms with Crippen molar-refractivity contribution in [3.8, 4) is 0 Å². The molecule has 0 spiro atoms. The zero-order valence-corrected chi connectivity index (χ0v) is 12.4. The van der Waals surface area contributed by atoms with E-state index in [1.807, 2.05) is 13.8 Å². The van der Waals surface area contributed by atoms with Crippen LogP contribution in [0.3, 0.4) is 0 Å². The predicted octanol–water partition coefficient (Wildman–Crippen LogP) is 1.29. The van der Waals surface area contributed by atoms with Crippen molar-refractivity contribution in [2.45, 2.75) is 26.8 Å². The molecular weight excluding hydrogens is 262 g/mol. The maximum Gasteiger partial charge on any atom is 0.350 e. The fraction of sp³-hybridized carbons (Fsp3) is 0.692. The number of carbonyl (C=O) groups excluding carboxylic acids is 1. The van der Waals surface area contributed by atoms with E-state index in [0.29, 0.717) is 11.5 Å². The molecule has 1 aromatic heterocycles. The molecule has 106 valence electrons. The second-order valence-electron chi connectivity index (χ2n) is 4.48. The van der Waals surface area contributed by atoms with E-state index in [1.54, 1.807) is 0 Å². The second-order valence-corrected chi connectivity index (χ2v) is 5.57. The summed E-state index contributed by atoms with van der Waals surface area (Å²) in [6, 6.07) is 0. The molecule has 19 heavy (non-hydrogen) atoms. The van der Waals surface area contributed by atoms with E-state index in [1.165, 1.54) is 11.3 Å². The number of rotatable bonds is 5. The maximum absolute atomic E-state index is 11.9. The molecule has 0 aromatic carbocycles. The number of nitrogens with zero attached hydrogens (tertiary/aromatic N) is 2. The van der Waals surface area contributed by atoms with Gasteiger partial charge in [0.15, 0.2) is 0 Å². The number of ether oxygens (including phenoxy) is 1. The molecule has 1 fully saturated rings. The third kappa shape index (κ3) is 3.75. The standard InChI is InChI=1S/C13H21N3O2S/c1-3-10-12(13(17)18-4-2)19-11(15-10)9-16-7-5-14-6-8-16/h14H,3-9H2,1-2H3. The summed E-state index contributed by atoms with van der Waals surface area (Å²) >= 11 is 1.48. The molecule has 1 saturated heterocycles. The van der Waals surface area contributed by atoms with Crippen LogP contribution in [-0.4, -0.2) is 48.6 Å². The van der Waals surface area contributed by atoms with Crippen molar-refractivity contribution in [2.24, 2.45) is 0 Å². The van der Waals surface area contributed by atoms with E-state index in [4.69, 9.17) is 4.74 Å². The zero-order valence-electron chi connectivity index (χ0n) is 11.6. The molecule has 0 radical (unpaired) electrons. The van der Waals surface area contributed by atoms with Crippen molar-refractivity contribution in [3.05, 3.63) is 15.6 Å². The van der Waals surface area contributed by atoms with Crippen LogP contribution >= 0.6 is 11.3 Å². The number of carbonyl (C=O) groups is 1. The van der Waals surface area contributed by atoms with Gasteiger partial charge < -0.3 is 10.1 Å². The lowest BCUT2D eigenvalue weighted by atomic mass is 10.3. The lowest BCUT2D eigenvalue weighted by molar-refractivity contribution is 0.0530. The number of aromatic nitrogens is 1. The Balaban J connectivity index is 2.06. The van der Waals surface area contributed by atoms with Crippen LogP contribution in [0.4, 0.5) is 0 Å². The van der Waals surface area contributed by atoms with Crippen LogP contribution in [-0.2, 0) is 17.7 Å². The fourth-order valence-corrected chi connectivity index (χ4v) is 3.21. The van der Waals surface area contributed by atoms with Crippen LogP contribution in [0.15, 0.2) is 0 Å². The molecule has 2 heterocycles. The molecule has 0 atom stereocenters. The van der Waals surface area contributed by atoms with Crippen molar-refractivity contribution in [2.75, 3.05) is 32.8 Å². The number of nitrogens with one attached hydrogen (secondary N) is 1. The average molecular weight is 283 g/mol. The van der Waals surface area contributed by atoms with Gasteiger partial charge >= 0.3 is 5.97 Å². The van der Waals surface area contributed by atoms with Gasteiger partial charge in [-0.3, -0.25) is 4.90 Å². The zero-order chi connectivity index (χ0) is 13.7. The van der Waals surface area contributed by atoms with Crippen molar-refractivity contribution in [1.82, 2.24) is 15.2 Å². The summed E-state index contributed by atoms with van der Waals surface area (Å²) in [7, 11) is 0. The molecule has 5 nitrogen and oxygen atoms in total. The second kappa shape index (κ2) is 6.98. The SMILES string of the molecule is CCOC(=O)c1sc(CN2CCNCC2)nc1CC. The van der Waals surface area contributed by atoms with Gasteiger partial charge in [-0.25, -0.2) is 9.78 Å². The van der Waals surface area contributed by atoms with Gasteiger partial charge in [-0.1, -0.05) is 6.92 Å². The molecule has 0 amide bonds. The van der Waals surface area contributed by atoms with Crippen LogP contribution in [0.1, 0.15) is 34.2 Å². The van der Waals surface area contributed by atoms with Gasteiger partial charge in [0.1, 0.15) is 9.88 Å². The van der Waals surface area contributed by atoms with Gasteiger partial charge in [0, 0.05) is 26.2 Å². The molecule has 1 N–H and O–H groups in total. The summed E-state index contributed by atoms with van der Waals surface area (Å²) in [5.41, 5.74) is 0.869. The van der Waals surface area contributed by atoms with E-state index < -0.39 is 0 Å². The number of piperazine rings is 1. The number of hydrogen-bond acceptors (Lipinski definition) is 6. The van der Waals surface area contributed by atoms with Crippen LogP contribution < -0.4 is 5.32 Å². The molecule has 0 unspecified atom stereocenters. The van der Waals surface area contributed by atoms with Gasteiger partial charge in [-0.2, -0.15) is 0 Å². The Labute approximate surface area is 118 Å². The number of hydrogen-bond donors (Lipinski definition) is 1. The summed E-state index contributed by atoms with van der Waals surface area (Å²) in [4.78, 5) is 19.5. The van der Waals surface area contributed by atoms with E-state index in [9.17, 15) is 4.79 Å². The molecule has 1 aliphatic heterocycles. The van der Waals surface area contributed by atoms with E-state index in [0.717, 1.165) is 49.8 Å². The Morgan fingerprint density at radius 2 is 2.16 bits per heavy atom.